The summed E-state index contributed by atoms with van der Waals surface area (Å²) in [6, 6.07) is 0. The molecule has 0 saturated heterocycles. The lowest BCUT2D eigenvalue weighted by atomic mass is 10.4. The normalized spacial score (nSPS) is 11.6. The number of hydrogen-bond donors (Lipinski definition) is 1. The summed E-state index contributed by atoms with van der Waals surface area (Å²) >= 11 is 1.46. The molecule has 0 unspecified atom stereocenters. The quantitative estimate of drug-likeness (QED) is 0.451. The largest absolute Gasteiger partial charge is 0.449 e. The van der Waals surface area contributed by atoms with Gasteiger partial charge in [0.05, 0.1) is 27.0 Å². The highest BCUT2D eigenvalue weighted by Crippen LogP contribution is 2.25. The molecule has 0 aliphatic heterocycles. The fraction of sp³-hybridized carbons (Fsp3) is 0.571. The number of nitrogens with zero attached hydrogens (tertiary/aromatic N) is 1. The Morgan fingerprint density at radius 2 is 1.77 bits per heavy atom. The first-order valence-corrected chi connectivity index (χ1v) is 11.8. The molecule has 0 rings (SSSR count). The van der Waals surface area contributed by atoms with Crippen LogP contribution in [0.15, 0.2) is 22.9 Å². The van der Waals surface area contributed by atoms with Crippen molar-refractivity contribution in [1.82, 2.24) is 10.4 Å². The van der Waals surface area contributed by atoms with E-state index in [0.717, 1.165) is 9.91 Å². The summed E-state index contributed by atoms with van der Waals surface area (Å²) in [5, 5.41) is 0.990. The number of carbonyl (C=O) groups excluding carboxylic acids is 2. The zero-order chi connectivity index (χ0) is 17.3. The van der Waals surface area contributed by atoms with E-state index >= 15 is 0 Å². The number of hydrogen-bond acceptors (Lipinski definition) is 5. The van der Waals surface area contributed by atoms with E-state index in [-0.39, 0.29) is 13.2 Å². The number of rotatable bonds is 6. The minimum Gasteiger partial charge on any atom is -0.449 e. The average molecular weight is 347 g/mol. The van der Waals surface area contributed by atoms with Crippen molar-refractivity contribution in [3.05, 3.63) is 22.9 Å². The van der Waals surface area contributed by atoms with Crippen molar-refractivity contribution in [2.24, 2.45) is 0 Å². The Balaban J connectivity index is 5.38. The summed E-state index contributed by atoms with van der Waals surface area (Å²) in [4.78, 5) is 24.5. The van der Waals surface area contributed by atoms with Crippen LogP contribution in [0.25, 0.3) is 0 Å². The molecule has 0 aromatic rings. The Kier molecular flexibility index (Phi) is 8.96. The van der Waals surface area contributed by atoms with E-state index in [0.29, 0.717) is 5.70 Å². The molecule has 0 saturated carbocycles. The molecular formula is C14H26N2O4SSi. The van der Waals surface area contributed by atoms with Gasteiger partial charge in [-0.3, -0.25) is 0 Å². The third-order valence-electron chi connectivity index (χ3n) is 2.27. The highest BCUT2D eigenvalue weighted by Gasteiger charge is 2.24. The van der Waals surface area contributed by atoms with Gasteiger partial charge in [0.2, 0.25) is 0 Å². The molecule has 0 aliphatic carbocycles. The molecule has 126 valence electrons. The molecule has 0 aliphatic rings. The Morgan fingerprint density at radius 3 is 2.18 bits per heavy atom. The van der Waals surface area contributed by atoms with Crippen molar-refractivity contribution in [3.63, 3.8) is 0 Å². The summed E-state index contributed by atoms with van der Waals surface area (Å²) in [5.74, 6) is 0. The van der Waals surface area contributed by atoms with Crippen LogP contribution in [0.1, 0.15) is 13.8 Å². The standard InChI is InChI=1S/C14H26N2O4SSi/c1-8-19-13(17)15-16(14(18)20-9-2)11(3)12(21-4)10-22(5,6)7/h10H,3,8-9H2,1-2,4-7H3,(H,15,17)/b12-10+. The molecule has 22 heavy (non-hydrogen) atoms. The van der Waals surface area contributed by atoms with E-state index in [2.05, 4.69) is 37.3 Å². The topological polar surface area (TPSA) is 67.9 Å². The Hall–Kier alpha value is -1.41. The first-order chi connectivity index (χ1) is 10.2. The zero-order valence-electron chi connectivity index (χ0n) is 14.2. The van der Waals surface area contributed by atoms with Gasteiger partial charge in [-0.05, 0) is 20.1 Å². The molecule has 8 heteroatoms. The molecule has 0 fully saturated rings. The van der Waals surface area contributed by atoms with Gasteiger partial charge in [0.25, 0.3) is 0 Å². The molecule has 0 atom stereocenters. The second-order valence-corrected chi connectivity index (χ2v) is 11.3. The van der Waals surface area contributed by atoms with Crippen molar-refractivity contribution < 1.29 is 19.1 Å². The predicted molar refractivity (Wildman–Crippen MR) is 93.1 cm³/mol. The summed E-state index contributed by atoms with van der Waals surface area (Å²) in [6.45, 7) is 14.2. The Bertz CT molecular complexity index is 447. The van der Waals surface area contributed by atoms with Gasteiger partial charge in [-0.15, -0.1) is 11.8 Å². The SMILES string of the molecule is C=C(/C(=C\[Si](C)(C)C)SC)N(NC(=O)OCC)C(=O)OCC. The molecule has 0 spiro atoms. The van der Waals surface area contributed by atoms with Gasteiger partial charge in [0.15, 0.2) is 0 Å². The first-order valence-electron chi connectivity index (χ1n) is 7.02. The van der Waals surface area contributed by atoms with Crippen molar-refractivity contribution in [2.45, 2.75) is 33.5 Å². The summed E-state index contributed by atoms with van der Waals surface area (Å²) in [6.07, 6.45) is 0.464. The van der Waals surface area contributed by atoms with Crippen molar-refractivity contribution in [3.8, 4) is 0 Å². The van der Waals surface area contributed by atoms with E-state index in [1.165, 1.54) is 11.8 Å². The van der Waals surface area contributed by atoms with Gasteiger partial charge in [-0.1, -0.05) is 31.9 Å². The average Bonchev–Trinajstić information content (AvgIpc) is 2.41. The number of nitrogens with one attached hydrogen (secondary N) is 1. The molecule has 2 amide bonds. The lowest BCUT2D eigenvalue weighted by molar-refractivity contribution is 0.0890. The van der Waals surface area contributed by atoms with Gasteiger partial charge >= 0.3 is 12.2 Å². The number of ether oxygens (including phenoxy) is 2. The molecule has 0 bridgehead atoms. The Morgan fingerprint density at radius 1 is 1.23 bits per heavy atom. The smallest absolute Gasteiger partial charge is 0.433 e. The first kappa shape index (κ1) is 20.6. The monoisotopic (exact) mass is 346 g/mol. The molecule has 0 aromatic heterocycles. The van der Waals surface area contributed by atoms with Crippen LogP contribution in [-0.4, -0.2) is 44.7 Å². The summed E-state index contributed by atoms with van der Waals surface area (Å²) < 4.78 is 9.77. The van der Waals surface area contributed by atoms with Crippen LogP contribution in [0.5, 0.6) is 0 Å². The number of thioether (sulfide) groups is 1. The van der Waals surface area contributed by atoms with Crippen LogP contribution in [0.4, 0.5) is 9.59 Å². The van der Waals surface area contributed by atoms with Gasteiger partial charge < -0.3 is 9.47 Å². The van der Waals surface area contributed by atoms with Crippen LogP contribution < -0.4 is 5.43 Å². The second-order valence-electron chi connectivity index (χ2n) is 5.39. The van der Waals surface area contributed by atoms with Crippen LogP contribution in [0.2, 0.25) is 19.6 Å². The molecule has 0 radical (unpaired) electrons. The van der Waals surface area contributed by atoms with Crippen LogP contribution >= 0.6 is 11.8 Å². The van der Waals surface area contributed by atoms with Crippen molar-refractivity contribution in [1.29, 1.82) is 0 Å². The van der Waals surface area contributed by atoms with E-state index in [4.69, 9.17) is 9.47 Å². The third kappa shape index (κ3) is 7.55. The van der Waals surface area contributed by atoms with Crippen LogP contribution in [0, 0.1) is 0 Å². The predicted octanol–water partition coefficient (Wildman–Crippen LogP) is 3.74. The number of amides is 2. The number of carbonyl (C=O) groups is 2. The van der Waals surface area contributed by atoms with Crippen molar-refractivity contribution in [2.75, 3.05) is 19.5 Å². The molecule has 1 N–H and O–H groups in total. The fourth-order valence-electron chi connectivity index (χ4n) is 1.43. The molecular weight excluding hydrogens is 320 g/mol. The van der Waals surface area contributed by atoms with E-state index < -0.39 is 20.3 Å². The highest BCUT2D eigenvalue weighted by molar-refractivity contribution is 8.02. The van der Waals surface area contributed by atoms with Crippen LogP contribution in [0.3, 0.4) is 0 Å². The van der Waals surface area contributed by atoms with Gasteiger partial charge in [0.1, 0.15) is 0 Å². The fourth-order valence-corrected chi connectivity index (χ4v) is 4.24. The summed E-state index contributed by atoms with van der Waals surface area (Å²) in [7, 11) is -1.52. The van der Waals surface area contributed by atoms with E-state index in [9.17, 15) is 9.59 Å². The van der Waals surface area contributed by atoms with Gasteiger partial charge in [-0.2, -0.15) is 5.01 Å². The van der Waals surface area contributed by atoms with E-state index in [1.54, 1.807) is 13.8 Å². The lowest BCUT2D eigenvalue weighted by Crippen LogP contribution is -2.46. The van der Waals surface area contributed by atoms with Gasteiger partial charge in [-0.25, -0.2) is 15.0 Å². The maximum Gasteiger partial charge on any atom is 0.433 e. The minimum atomic E-state index is -1.52. The lowest BCUT2D eigenvalue weighted by Gasteiger charge is -2.25. The van der Waals surface area contributed by atoms with E-state index in [1.807, 2.05) is 6.26 Å². The van der Waals surface area contributed by atoms with Crippen LogP contribution in [-0.2, 0) is 9.47 Å². The number of hydrazine groups is 1. The Labute approximate surface area is 137 Å². The summed E-state index contributed by atoms with van der Waals surface area (Å²) in [5.41, 5.74) is 4.83. The minimum absolute atomic E-state index is 0.194. The van der Waals surface area contributed by atoms with Gasteiger partial charge in [0, 0.05) is 4.91 Å². The highest BCUT2D eigenvalue weighted by atomic mass is 32.2. The molecule has 0 heterocycles. The molecule has 0 aromatic carbocycles. The maximum atomic E-state index is 12.1. The third-order valence-corrected chi connectivity index (χ3v) is 4.42. The second kappa shape index (κ2) is 9.57. The zero-order valence-corrected chi connectivity index (χ0v) is 16.0. The molecule has 6 nitrogen and oxygen atoms in total. The van der Waals surface area contributed by atoms with Crippen molar-refractivity contribution >= 4 is 32.0 Å². The maximum absolute atomic E-state index is 12.1.